The van der Waals surface area contributed by atoms with Gasteiger partial charge in [-0.05, 0) is 48.6 Å². The van der Waals surface area contributed by atoms with E-state index in [0.717, 1.165) is 35.8 Å². The predicted molar refractivity (Wildman–Crippen MR) is 117 cm³/mol. The summed E-state index contributed by atoms with van der Waals surface area (Å²) in [7, 11) is 0. The van der Waals surface area contributed by atoms with E-state index in [2.05, 4.69) is 78.1 Å². The van der Waals surface area contributed by atoms with E-state index in [1.54, 1.807) is 0 Å². The second kappa shape index (κ2) is 7.53. The van der Waals surface area contributed by atoms with Gasteiger partial charge in [0.2, 0.25) is 0 Å². The van der Waals surface area contributed by atoms with E-state index in [-0.39, 0.29) is 0 Å². The van der Waals surface area contributed by atoms with Crippen molar-refractivity contribution >= 4 is 28.1 Å². The first-order valence-electron chi connectivity index (χ1n) is 9.81. The number of para-hydroxylation sites is 1. The molecule has 0 aliphatic carbocycles. The highest BCUT2D eigenvalue weighted by atomic mass is 35.5. The van der Waals surface area contributed by atoms with Crippen molar-refractivity contribution in [3.63, 3.8) is 0 Å². The first kappa shape index (κ1) is 18.3. The number of benzene rings is 2. The van der Waals surface area contributed by atoms with Crippen LogP contribution in [0.25, 0.3) is 22.2 Å². The molecule has 0 radical (unpaired) electrons. The van der Waals surface area contributed by atoms with Gasteiger partial charge in [0.15, 0.2) is 0 Å². The third-order valence-corrected chi connectivity index (χ3v) is 5.82. The van der Waals surface area contributed by atoms with Crippen molar-refractivity contribution in [1.82, 2.24) is 9.47 Å². The van der Waals surface area contributed by atoms with Gasteiger partial charge in [0.25, 0.3) is 0 Å². The van der Waals surface area contributed by atoms with Crippen LogP contribution in [0.1, 0.15) is 31.4 Å². The second-order valence-corrected chi connectivity index (χ2v) is 8.40. The molecule has 27 heavy (non-hydrogen) atoms. The quantitative estimate of drug-likeness (QED) is 0.514. The molecule has 1 aliphatic heterocycles. The average molecular weight is 379 g/mol. The molecule has 0 atom stereocenters. The highest BCUT2D eigenvalue weighted by Gasteiger charge is 2.18. The summed E-state index contributed by atoms with van der Waals surface area (Å²) in [5, 5.41) is 2.13. The van der Waals surface area contributed by atoms with Crippen LogP contribution in [0.3, 0.4) is 0 Å². The monoisotopic (exact) mass is 378 g/mol. The molecule has 3 aromatic rings. The van der Waals surface area contributed by atoms with Gasteiger partial charge in [0.1, 0.15) is 0 Å². The summed E-state index contributed by atoms with van der Waals surface area (Å²) in [5.41, 5.74) is 6.27. The fourth-order valence-electron chi connectivity index (χ4n) is 4.02. The van der Waals surface area contributed by atoms with Gasteiger partial charge in [-0.25, -0.2) is 0 Å². The average Bonchev–Trinajstić information content (AvgIpc) is 3.04. The number of rotatable bonds is 4. The molecule has 1 aliphatic rings. The van der Waals surface area contributed by atoms with Gasteiger partial charge in [-0.15, -0.1) is 0 Å². The highest BCUT2D eigenvalue weighted by Crippen LogP contribution is 2.33. The fraction of sp³-hybridized carbons (Fsp3) is 0.333. The maximum absolute atomic E-state index is 6.40. The van der Waals surface area contributed by atoms with Gasteiger partial charge in [-0.1, -0.05) is 55.8 Å². The molecule has 140 valence electrons. The van der Waals surface area contributed by atoms with Crippen LogP contribution < -0.4 is 0 Å². The standard InChI is InChI=1S/C24H27ClN2/c1-17(2)15-26-12-10-19(11-13-26)22-16-27(24-7-5-4-6-21(22)24)20-9-8-18(3)23(25)14-20/h4-10,14,16-17H,11-13,15H2,1-3H3. The van der Waals surface area contributed by atoms with E-state index in [1.807, 2.05) is 6.92 Å². The molecule has 4 rings (SSSR count). The number of hydrogen-bond acceptors (Lipinski definition) is 1. The maximum Gasteiger partial charge on any atom is 0.0534 e. The zero-order valence-corrected chi connectivity index (χ0v) is 17.1. The van der Waals surface area contributed by atoms with Gasteiger partial charge in [-0.3, -0.25) is 4.90 Å². The Hall–Kier alpha value is -2.03. The van der Waals surface area contributed by atoms with Crippen LogP contribution >= 0.6 is 11.6 Å². The van der Waals surface area contributed by atoms with Gasteiger partial charge in [0, 0.05) is 47.5 Å². The Labute approximate surface area is 167 Å². The zero-order chi connectivity index (χ0) is 19.0. The number of hydrogen-bond donors (Lipinski definition) is 0. The van der Waals surface area contributed by atoms with Crippen LogP contribution in [0, 0.1) is 12.8 Å². The first-order valence-corrected chi connectivity index (χ1v) is 10.2. The second-order valence-electron chi connectivity index (χ2n) is 8.00. The third kappa shape index (κ3) is 3.69. The molecule has 2 aromatic carbocycles. The van der Waals surface area contributed by atoms with Crippen molar-refractivity contribution in [3.8, 4) is 5.69 Å². The topological polar surface area (TPSA) is 8.17 Å². The Morgan fingerprint density at radius 3 is 2.63 bits per heavy atom. The minimum atomic E-state index is 0.716. The molecule has 3 heteroatoms. The lowest BCUT2D eigenvalue weighted by atomic mass is 9.98. The molecule has 0 fully saturated rings. The van der Waals surface area contributed by atoms with Crippen LogP contribution in [0.5, 0.6) is 0 Å². The molecule has 0 unspecified atom stereocenters. The molecule has 0 N–H and O–H groups in total. The summed E-state index contributed by atoms with van der Waals surface area (Å²) < 4.78 is 2.28. The molecular weight excluding hydrogens is 352 g/mol. The SMILES string of the molecule is Cc1ccc(-n2cc(C3=CCN(CC(C)C)CC3)c3ccccc32)cc1Cl. The Balaban J connectivity index is 1.75. The van der Waals surface area contributed by atoms with E-state index in [1.165, 1.54) is 28.6 Å². The molecule has 0 amide bonds. The number of aryl methyl sites for hydroxylation is 1. The molecule has 0 bridgehead atoms. The lowest BCUT2D eigenvalue weighted by molar-refractivity contribution is 0.268. The largest absolute Gasteiger partial charge is 0.316 e. The number of nitrogens with zero attached hydrogens (tertiary/aromatic N) is 2. The number of halogens is 1. The van der Waals surface area contributed by atoms with Crippen molar-refractivity contribution in [3.05, 3.63) is 70.9 Å². The summed E-state index contributed by atoms with van der Waals surface area (Å²) in [6.45, 7) is 9.98. The Morgan fingerprint density at radius 1 is 1.11 bits per heavy atom. The van der Waals surface area contributed by atoms with Gasteiger partial charge >= 0.3 is 0 Å². The Bertz CT molecular complexity index is 997. The normalized spacial score (nSPS) is 15.5. The maximum atomic E-state index is 6.40. The molecule has 2 heterocycles. The lowest BCUT2D eigenvalue weighted by Gasteiger charge is -2.27. The van der Waals surface area contributed by atoms with E-state index < -0.39 is 0 Å². The van der Waals surface area contributed by atoms with Crippen molar-refractivity contribution < 1.29 is 0 Å². The first-order chi connectivity index (χ1) is 13.0. The van der Waals surface area contributed by atoms with Crippen LogP contribution in [0.15, 0.2) is 54.7 Å². The summed E-state index contributed by atoms with van der Waals surface area (Å²) >= 11 is 6.40. The van der Waals surface area contributed by atoms with E-state index in [0.29, 0.717) is 5.92 Å². The van der Waals surface area contributed by atoms with Crippen molar-refractivity contribution in [1.29, 1.82) is 0 Å². The summed E-state index contributed by atoms with van der Waals surface area (Å²) in [6, 6.07) is 15.0. The van der Waals surface area contributed by atoms with Crippen molar-refractivity contribution in [2.75, 3.05) is 19.6 Å². The smallest absolute Gasteiger partial charge is 0.0534 e. The van der Waals surface area contributed by atoms with E-state index >= 15 is 0 Å². The third-order valence-electron chi connectivity index (χ3n) is 5.41. The summed E-state index contributed by atoms with van der Waals surface area (Å²) in [4.78, 5) is 2.55. The number of fused-ring (bicyclic) bond motifs is 1. The summed E-state index contributed by atoms with van der Waals surface area (Å²) in [6.07, 6.45) is 5.81. The van der Waals surface area contributed by atoms with Crippen molar-refractivity contribution in [2.45, 2.75) is 27.2 Å². The summed E-state index contributed by atoms with van der Waals surface area (Å²) in [5.74, 6) is 0.716. The van der Waals surface area contributed by atoms with E-state index in [9.17, 15) is 0 Å². The molecule has 1 aromatic heterocycles. The van der Waals surface area contributed by atoms with Crippen LogP contribution in [-0.2, 0) is 0 Å². The minimum Gasteiger partial charge on any atom is -0.316 e. The predicted octanol–water partition coefficient (Wildman–Crippen LogP) is 6.34. The van der Waals surface area contributed by atoms with Crippen molar-refractivity contribution in [2.24, 2.45) is 5.92 Å². The zero-order valence-electron chi connectivity index (χ0n) is 16.4. The van der Waals surface area contributed by atoms with Crippen LogP contribution in [-0.4, -0.2) is 29.1 Å². The molecule has 0 saturated heterocycles. The molecular formula is C24H27ClN2. The van der Waals surface area contributed by atoms with Gasteiger partial charge in [0.05, 0.1) is 5.52 Å². The van der Waals surface area contributed by atoms with Crippen LogP contribution in [0.2, 0.25) is 5.02 Å². The Morgan fingerprint density at radius 2 is 1.93 bits per heavy atom. The fourth-order valence-corrected chi connectivity index (χ4v) is 4.19. The molecule has 0 spiro atoms. The highest BCUT2D eigenvalue weighted by molar-refractivity contribution is 6.31. The molecule has 0 saturated carbocycles. The van der Waals surface area contributed by atoms with E-state index in [4.69, 9.17) is 11.6 Å². The van der Waals surface area contributed by atoms with Crippen LogP contribution in [0.4, 0.5) is 0 Å². The van der Waals surface area contributed by atoms with Gasteiger partial charge in [-0.2, -0.15) is 0 Å². The molecule has 2 nitrogen and oxygen atoms in total. The number of aromatic nitrogens is 1. The Kier molecular flexibility index (Phi) is 5.12. The minimum absolute atomic E-state index is 0.716. The lowest BCUT2D eigenvalue weighted by Crippen LogP contribution is -2.31. The van der Waals surface area contributed by atoms with Gasteiger partial charge < -0.3 is 4.57 Å².